The molecule has 0 amide bonds. The van der Waals surface area contributed by atoms with Gasteiger partial charge in [0.25, 0.3) is 0 Å². The van der Waals surface area contributed by atoms with E-state index < -0.39 is 11.2 Å². The van der Waals surface area contributed by atoms with E-state index in [1.165, 1.54) is 11.8 Å². The van der Waals surface area contributed by atoms with E-state index in [2.05, 4.69) is 5.10 Å². The number of thioether (sulfide) groups is 1. The monoisotopic (exact) mass is 290 g/mol. The zero-order valence-corrected chi connectivity index (χ0v) is 12.7. The van der Waals surface area contributed by atoms with Gasteiger partial charge in [-0.15, -0.1) is 11.8 Å². The van der Waals surface area contributed by atoms with Crippen molar-refractivity contribution in [3.63, 3.8) is 0 Å². The molecular formula is C12H19ClN2O2S. The summed E-state index contributed by atoms with van der Waals surface area (Å²) in [7, 11) is 0. The Balaban J connectivity index is 2.82. The van der Waals surface area contributed by atoms with Gasteiger partial charge in [0.05, 0.1) is 16.4 Å². The molecule has 1 heterocycles. The summed E-state index contributed by atoms with van der Waals surface area (Å²) >= 11 is 7.59. The van der Waals surface area contributed by atoms with Gasteiger partial charge in [0.15, 0.2) is 0 Å². The Morgan fingerprint density at radius 2 is 2.17 bits per heavy atom. The topological polar surface area (TPSA) is 55.1 Å². The highest BCUT2D eigenvalue weighted by molar-refractivity contribution is 7.99. The molecule has 0 fully saturated rings. The van der Waals surface area contributed by atoms with Gasteiger partial charge in [0.1, 0.15) is 5.25 Å². The number of carboxylic acids is 1. The molecule has 0 aliphatic heterocycles. The van der Waals surface area contributed by atoms with Crippen LogP contribution in [0.15, 0.2) is 0 Å². The third-order valence-corrected chi connectivity index (χ3v) is 4.74. The highest BCUT2D eigenvalue weighted by Crippen LogP contribution is 2.29. The van der Waals surface area contributed by atoms with Crippen molar-refractivity contribution in [2.45, 2.75) is 45.2 Å². The molecule has 1 unspecified atom stereocenters. The standard InChI is InChI=1S/C12H19ClN2O2S/c1-5-15-9(10(13)8(4)14-15)6-18-11(7(2)3)12(16)17/h7,11H,5-6H2,1-4H3,(H,16,17). The van der Waals surface area contributed by atoms with Crippen LogP contribution in [0.5, 0.6) is 0 Å². The summed E-state index contributed by atoms with van der Waals surface area (Å²) in [6, 6.07) is 0. The number of carbonyl (C=O) groups is 1. The molecule has 0 saturated heterocycles. The van der Waals surface area contributed by atoms with Crippen LogP contribution in [0.1, 0.15) is 32.2 Å². The fraction of sp³-hybridized carbons (Fsp3) is 0.667. The van der Waals surface area contributed by atoms with Crippen LogP contribution < -0.4 is 0 Å². The van der Waals surface area contributed by atoms with Crippen molar-refractivity contribution in [1.29, 1.82) is 0 Å². The summed E-state index contributed by atoms with van der Waals surface area (Å²) < 4.78 is 1.84. The molecule has 0 spiro atoms. The van der Waals surface area contributed by atoms with E-state index in [0.717, 1.165) is 17.9 Å². The molecule has 0 aliphatic rings. The van der Waals surface area contributed by atoms with E-state index in [4.69, 9.17) is 16.7 Å². The first-order valence-electron chi connectivity index (χ1n) is 5.94. The molecule has 0 bridgehead atoms. The highest BCUT2D eigenvalue weighted by Gasteiger charge is 2.23. The molecule has 6 heteroatoms. The molecule has 0 radical (unpaired) electrons. The van der Waals surface area contributed by atoms with E-state index in [1.807, 2.05) is 32.4 Å². The number of nitrogens with zero attached hydrogens (tertiary/aromatic N) is 2. The van der Waals surface area contributed by atoms with E-state index in [-0.39, 0.29) is 5.92 Å². The van der Waals surface area contributed by atoms with Gasteiger partial charge >= 0.3 is 5.97 Å². The van der Waals surface area contributed by atoms with Crippen LogP contribution in [0, 0.1) is 12.8 Å². The maximum atomic E-state index is 11.1. The fourth-order valence-corrected chi connectivity index (χ4v) is 3.16. The average Bonchev–Trinajstić information content (AvgIpc) is 2.55. The third kappa shape index (κ3) is 3.42. The molecular weight excluding hydrogens is 272 g/mol. The molecule has 18 heavy (non-hydrogen) atoms. The first kappa shape index (κ1) is 15.4. The minimum Gasteiger partial charge on any atom is -0.480 e. The molecule has 0 aliphatic carbocycles. The predicted octanol–water partition coefficient (Wildman–Crippen LogP) is 3.21. The number of carboxylic acid groups (broad SMARTS) is 1. The lowest BCUT2D eigenvalue weighted by molar-refractivity contribution is -0.137. The quantitative estimate of drug-likeness (QED) is 0.874. The van der Waals surface area contributed by atoms with Crippen LogP contribution in [-0.2, 0) is 17.1 Å². The normalized spacial score (nSPS) is 13.0. The molecule has 1 rings (SSSR count). The number of hydrogen-bond donors (Lipinski definition) is 1. The van der Waals surface area contributed by atoms with E-state index >= 15 is 0 Å². The average molecular weight is 291 g/mol. The van der Waals surface area contributed by atoms with Gasteiger partial charge in [-0.1, -0.05) is 25.4 Å². The minimum atomic E-state index is -0.773. The van der Waals surface area contributed by atoms with Crippen LogP contribution in [0.25, 0.3) is 0 Å². The fourth-order valence-electron chi connectivity index (χ4n) is 1.72. The van der Waals surface area contributed by atoms with Crippen LogP contribution in [0.4, 0.5) is 0 Å². The Morgan fingerprint density at radius 3 is 2.61 bits per heavy atom. The first-order chi connectivity index (χ1) is 8.38. The summed E-state index contributed by atoms with van der Waals surface area (Å²) in [5, 5.41) is 13.7. The maximum absolute atomic E-state index is 11.1. The van der Waals surface area contributed by atoms with Crippen LogP contribution in [0.3, 0.4) is 0 Å². The zero-order valence-electron chi connectivity index (χ0n) is 11.1. The second kappa shape index (κ2) is 6.48. The molecule has 0 saturated carbocycles. The lowest BCUT2D eigenvalue weighted by Crippen LogP contribution is -2.23. The lowest BCUT2D eigenvalue weighted by atomic mass is 10.1. The second-order valence-corrected chi connectivity index (χ2v) is 5.98. The number of hydrogen-bond acceptors (Lipinski definition) is 3. The van der Waals surface area contributed by atoms with Crippen LogP contribution in [0.2, 0.25) is 5.02 Å². The lowest BCUT2D eigenvalue weighted by Gasteiger charge is -2.16. The van der Waals surface area contributed by atoms with Crippen molar-refractivity contribution in [1.82, 2.24) is 9.78 Å². The van der Waals surface area contributed by atoms with Gasteiger partial charge in [0, 0.05) is 12.3 Å². The maximum Gasteiger partial charge on any atom is 0.316 e. The Labute approximate surface area is 117 Å². The number of aromatic nitrogens is 2. The smallest absolute Gasteiger partial charge is 0.316 e. The molecule has 4 nitrogen and oxygen atoms in total. The van der Waals surface area contributed by atoms with Crippen molar-refractivity contribution in [3.05, 3.63) is 16.4 Å². The predicted molar refractivity (Wildman–Crippen MR) is 75.2 cm³/mol. The van der Waals surface area contributed by atoms with Crippen LogP contribution >= 0.6 is 23.4 Å². The number of aliphatic carboxylic acids is 1. The Bertz CT molecular complexity index is 432. The van der Waals surface area contributed by atoms with Crippen molar-refractivity contribution in [2.24, 2.45) is 5.92 Å². The molecule has 1 atom stereocenters. The van der Waals surface area contributed by atoms with Gasteiger partial charge in [0.2, 0.25) is 0 Å². The summed E-state index contributed by atoms with van der Waals surface area (Å²) in [5.74, 6) is -0.112. The largest absolute Gasteiger partial charge is 0.480 e. The van der Waals surface area contributed by atoms with E-state index in [1.54, 1.807) is 0 Å². The molecule has 1 aromatic rings. The van der Waals surface area contributed by atoms with Gasteiger partial charge < -0.3 is 5.11 Å². The summed E-state index contributed by atoms with van der Waals surface area (Å²) in [6.45, 7) is 8.42. The molecule has 1 N–H and O–H groups in total. The highest BCUT2D eigenvalue weighted by atomic mass is 35.5. The second-order valence-electron chi connectivity index (χ2n) is 4.48. The SMILES string of the molecule is CCn1nc(C)c(Cl)c1CSC(C(=O)O)C(C)C. The van der Waals surface area contributed by atoms with Crippen LogP contribution in [-0.4, -0.2) is 26.1 Å². The Hall–Kier alpha value is -0.680. The van der Waals surface area contributed by atoms with E-state index in [9.17, 15) is 4.79 Å². The van der Waals surface area contributed by atoms with Crippen molar-refractivity contribution < 1.29 is 9.90 Å². The summed E-state index contributed by atoms with van der Waals surface area (Å²) in [4.78, 5) is 11.1. The first-order valence-corrected chi connectivity index (χ1v) is 7.37. The van der Waals surface area contributed by atoms with Gasteiger partial charge in [-0.25, -0.2) is 0 Å². The summed E-state index contributed by atoms with van der Waals surface area (Å²) in [6.07, 6.45) is 0. The molecule has 1 aromatic heterocycles. The van der Waals surface area contributed by atoms with Gasteiger partial charge in [-0.2, -0.15) is 5.10 Å². The summed E-state index contributed by atoms with van der Waals surface area (Å²) in [5.41, 5.74) is 1.71. The zero-order chi connectivity index (χ0) is 13.9. The minimum absolute atomic E-state index is 0.0883. The van der Waals surface area contributed by atoms with Crippen molar-refractivity contribution in [3.8, 4) is 0 Å². The Kier molecular flexibility index (Phi) is 5.53. The van der Waals surface area contributed by atoms with Gasteiger partial charge in [-0.3, -0.25) is 9.48 Å². The third-order valence-electron chi connectivity index (χ3n) is 2.70. The molecule has 102 valence electrons. The van der Waals surface area contributed by atoms with Crippen molar-refractivity contribution in [2.75, 3.05) is 0 Å². The Morgan fingerprint density at radius 1 is 1.56 bits per heavy atom. The number of rotatable bonds is 6. The number of halogens is 1. The van der Waals surface area contributed by atoms with E-state index in [0.29, 0.717) is 10.8 Å². The molecule has 0 aromatic carbocycles. The number of aryl methyl sites for hydroxylation is 2. The van der Waals surface area contributed by atoms with Crippen molar-refractivity contribution >= 4 is 29.3 Å². The van der Waals surface area contributed by atoms with Gasteiger partial charge in [-0.05, 0) is 19.8 Å².